The minimum Gasteiger partial charge on any atom is -0.416 e. The van der Waals surface area contributed by atoms with Gasteiger partial charge >= 0.3 is 0 Å². The highest BCUT2D eigenvalue weighted by Crippen LogP contribution is 2.62. The third-order valence-electron chi connectivity index (χ3n) is 13.6. The second-order valence-corrected chi connectivity index (χ2v) is 15.9. The average molecular weight is 703 g/mol. The van der Waals surface area contributed by atoms with Crippen LogP contribution in [-0.4, -0.2) is 10.2 Å². The molecule has 15 rings (SSSR count). The van der Waals surface area contributed by atoms with E-state index in [1.165, 1.54) is 88.7 Å². The molecule has 55 heavy (non-hydrogen) atoms. The van der Waals surface area contributed by atoms with Crippen LogP contribution in [0.1, 0.15) is 102 Å². The summed E-state index contributed by atoms with van der Waals surface area (Å²) in [7, 11) is 0. The lowest BCUT2D eigenvalue weighted by atomic mass is 9.58. The molecule has 1 heterocycles. The first-order valence-electron chi connectivity index (χ1n) is 19.5. The number of aryl methyl sites for hydroxylation is 2. The van der Waals surface area contributed by atoms with E-state index in [0.29, 0.717) is 11.8 Å². The first-order valence-corrected chi connectivity index (χ1v) is 19.5. The second kappa shape index (κ2) is 10.5. The smallest absolute Gasteiger partial charge is 0.249 e. The van der Waals surface area contributed by atoms with Gasteiger partial charge in [0.05, 0.1) is 11.1 Å². The van der Waals surface area contributed by atoms with Crippen LogP contribution in [0.25, 0.3) is 44.5 Å². The first kappa shape index (κ1) is 29.8. The molecule has 0 radical (unpaired) electrons. The van der Waals surface area contributed by atoms with E-state index in [2.05, 4.69) is 159 Å². The van der Waals surface area contributed by atoms with Gasteiger partial charge in [0, 0.05) is 23.7 Å². The molecule has 258 valence electrons. The molecular formula is C52H34N2O. The Labute approximate surface area is 319 Å². The van der Waals surface area contributed by atoms with Gasteiger partial charge in [-0.15, -0.1) is 10.2 Å². The van der Waals surface area contributed by atoms with Crippen molar-refractivity contribution in [3.63, 3.8) is 0 Å². The molecule has 1 aromatic heterocycles. The maximum Gasteiger partial charge on any atom is 0.249 e. The van der Waals surface area contributed by atoms with Crippen molar-refractivity contribution in [2.45, 2.75) is 37.5 Å². The highest BCUT2D eigenvalue weighted by atomic mass is 16.4. The van der Waals surface area contributed by atoms with Gasteiger partial charge in [-0.3, -0.25) is 0 Å². The van der Waals surface area contributed by atoms with Crippen molar-refractivity contribution in [1.29, 1.82) is 0 Å². The van der Waals surface area contributed by atoms with Crippen molar-refractivity contribution in [1.82, 2.24) is 10.2 Å². The largest absolute Gasteiger partial charge is 0.416 e. The Morgan fingerprint density at radius 2 is 0.582 bits per heavy atom. The van der Waals surface area contributed by atoms with Gasteiger partial charge in [-0.05, 0) is 113 Å². The summed E-state index contributed by atoms with van der Waals surface area (Å²) >= 11 is 0. The van der Waals surface area contributed by atoms with E-state index in [1.54, 1.807) is 0 Å². The molecule has 0 atom stereocenters. The number of fused-ring (bicyclic) bond motifs is 2. The fourth-order valence-corrected chi connectivity index (χ4v) is 11.6. The zero-order valence-corrected chi connectivity index (χ0v) is 30.5. The fraction of sp³-hybridized carbons (Fsp3) is 0.115. The van der Waals surface area contributed by atoms with Crippen molar-refractivity contribution in [2.75, 3.05) is 0 Å². The molecule has 9 aromatic rings. The molecule has 0 saturated carbocycles. The molecule has 0 spiro atoms. The van der Waals surface area contributed by atoms with Crippen LogP contribution in [0.5, 0.6) is 0 Å². The summed E-state index contributed by atoms with van der Waals surface area (Å²) in [5, 5.41) is 14.9. The maximum atomic E-state index is 7.23. The van der Waals surface area contributed by atoms with Crippen LogP contribution in [0.3, 0.4) is 0 Å². The number of rotatable bonds is 2. The summed E-state index contributed by atoms with van der Waals surface area (Å²) < 4.78 is 7.23. The van der Waals surface area contributed by atoms with E-state index in [0.717, 1.165) is 21.9 Å². The highest BCUT2D eigenvalue weighted by molar-refractivity contribution is 6.04. The lowest BCUT2D eigenvalue weighted by molar-refractivity contribution is 0.582. The lowest BCUT2D eigenvalue weighted by Crippen LogP contribution is -2.29. The Kier molecular flexibility index (Phi) is 5.72. The summed E-state index contributed by atoms with van der Waals surface area (Å²) in [5.74, 6) is 1.59. The third-order valence-corrected chi connectivity index (χ3v) is 13.6. The number of hydrogen-bond donors (Lipinski definition) is 0. The Hall–Kier alpha value is -6.58. The van der Waals surface area contributed by atoms with Gasteiger partial charge in [0.15, 0.2) is 0 Å². The van der Waals surface area contributed by atoms with E-state index in [1.807, 2.05) is 0 Å². The van der Waals surface area contributed by atoms with Gasteiger partial charge in [-0.2, -0.15) is 0 Å². The SMILES string of the molecule is Cc1c2c(c(-c3nnc(-c4c5c(c(C)c6ccccc46)C4c6ccccc6C5c5ccccc54)o3)c3ccccc13)C1c3ccccc3C2c2ccccc21. The van der Waals surface area contributed by atoms with Gasteiger partial charge in [-0.1, -0.05) is 146 Å². The predicted molar refractivity (Wildman–Crippen MR) is 219 cm³/mol. The number of nitrogens with zero attached hydrogens (tertiary/aromatic N) is 2. The lowest BCUT2D eigenvalue weighted by Gasteiger charge is -2.44. The quantitative estimate of drug-likeness (QED) is 0.180. The molecule has 6 aliphatic carbocycles. The Morgan fingerprint density at radius 3 is 0.891 bits per heavy atom. The fourth-order valence-electron chi connectivity index (χ4n) is 11.6. The number of hydrogen-bond acceptors (Lipinski definition) is 3. The third kappa shape index (κ3) is 3.62. The van der Waals surface area contributed by atoms with Crippen LogP contribution in [0.15, 0.2) is 150 Å². The normalized spacial score (nSPS) is 19.1. The van der Waals surface area contributed by atoms with E-state index in [-0.39, 0.29) is 23.7 Å². The molecule has 3 heteroatoms. The van der Waals surface area contributed by atoms with E-state index in [4.69, 9.17) is 14.6 Å². The molecule has 0 unspecified atom stereocenters. The topological polar surface area (TPSA) is 38.9 Å². The summed E-state index contributed by atoms with van der Waals surface area (Å²) in [6.07, 6.45) is 0. The Bertz CT molecular complexity index is 2860. The van der Waals surface area contributed by atoms with Crippen LogP contribution in [-0.2, 0) is 0 Å². The molecule has 0 aliphatic heterocycles. The molecular weight excluding hydrogens is 669 g/mol. The summed E-state index contributed by atoms with van der Waals surface area (Å²) in [4.78, 5) is 0. The van der Waals surface area contributed by atoms with Gasteiger partial charge < -0.3 is 4.42 Å². The zero-order chi connectivity index (χ0) is 36.1. The summed E-state index contributed by atoms with van der Waals surface area (Å²) in [5.41, 5.74) is 21.3. The van der Waals surface area contributed by atoms with Crippen LogP contribution >= 0.6 is 0 Å². The standard InChI is InChI=1S/C52H34N2O/c1-27-29-15-3-5-17-31(29)47(49-41(27)43-33-19-7-11-23-37(33)45(49)38-24-12-8-20-34(38)43)51-53-54-52(55-51)48-32-18-6-4-16-30(32)28(2)42-44-35-21-9-13-25-39(35)46(50(42)48)40-26-14-10-22-36(40)44/h3-26,43-46H,1-2H3. The molecule has 0 amide bonds. The van der Waals surface area contributed by atoms with Gasteiger partial charge in [0.25, 0.3) is 0 Å². The molecule has 0 saturated heterocycles. The molecule has 6 aliphatic rings. The Morgan fingerprint density at radius 1 is 0.327 bits per heavy atom. The minimum atomic E-state index is 0.0674. The molecule has 3 nitrogen and oxygen atoms in total. The van der Waals surface area contributed by atoms with Crippen molar-refractivity contribution in [3.05, 3.63) is 223 Å². The van der Waals surface area contributed by atoms with Gasteiger partial charge in [0.1, 0.15) is 0 Å². The Balaban J connectivity index is 1.11. The van der Waals surface area contributed by atoms with Crippen molar-refractivity contribution in [2.24, 2.45) is 0 Å². The van der Waals surface area contributed by atoms with Gasteiger partial charge in [0.2, 0.25) is 11.8 Å². The van der Waals surface area contributed by atoms with Crippen molar-refractivity contribution < 1.29 is 4.42 Å². The molecule has 4 bridgehead atoms. The van der Waals surface area contributed by atoms with Crippen LogP contribution in [0, 0.1) is 13.8 Å². The monoisotopic (exact) mass is 702 g/mol. The first-order chi connectivity index (χ1) is 27.2. The van der Waals surface area contributed by atoms with Crippen LogP contribution < -0.4 is 0 Å². The predicted octanol–water partition coefficient (Wildman–Crippen LogP) is 12.3. The van der Waals surface area contributed by atoms with E-state index < -0.39 is 0 Å². The van der Waals surface area contributed by atoms with Crippen LogP contribution in [0.4, 0.5) is 0 Å². The molecule has 0 N–H and O–H groups in total. The second-order valence-electron chi connectivity index (χ2n) is 15.9. The number of benzene rings is 8. The average Bonchev–Trinajstić information content (AvgIpc) is 3.73. The van der Waals surface area contributed by atoms with E-state index >= 15 is 0 Å². The van der Waals surface area contributed by atoms with Crippen LogP contribution in [0.2, 0.25) is 0 Å². The van der Waals surface area contributed by atoms with E-state index in [9.17, 15) is 0 Å². The molecule has 0 fully saturated rings. The maximum absolute atomic E-state index is 7.23. The summed E-state index contributed by atoms with van der Waals surface area (Å²) in [6, 6.07) is 53.8. The summed E-state index contributed by atoms with van der Waals surface area (Å²) in [6.45, 7) is 4.62. The highest BCUT2D eigenvalue weighted by Gasteiger charge is 2.47. The number of aromatic nitrogens is 2. The van der Waals surface area contributed by atoms with Gasteiger partial charge in [-0.25, -0.2) is 0 Å². The minimum absolute atomic E-state index is 0.0674. The van der Waals surface area contributed by atoms with Crippen molar-refractivity contribution >= 4 is 21.5 Å². The molecule has 8 aromatic carbocycles. The van der Waals surface area contributed by atoms with Crippen molar-refractivity contribution in [3.8, 4) is 22.9 Å². The zero-order valence-electron chi connectivity index (χ0n) is 30.5.